The van der Waals surface area contributed by atoms with Gasteiger partial charge in [0.2, 0.25) is 0 Å². The van der Waals surface area contributed by atoms with Crippen LogP contribution in [0.4, 0.5) is 5.13 Å². The third-order valence-corrected chi connectivity index (χ3v) is 6.29. The van der Waals surface area contributed by atoms with Gasteiger partial charge in [0.1, 0.15) is 0 Å². The van der Waals surface area contributed by atoms with Crippen LogP contribution in [0, 0.1) is 0 Å². The summed E-state index contributed by atoms with van der Waals surface area (Å²) in [4.78, 5) is 18.8. The van der Waals surface area contributed by atoms with Gasteiger partial charge in [0.15, 0.2) is 5.13 Å². The average molecular weight is 378 g/mol. The van der Waals surface area contributed by atoms with Gasteiger partial charge in [-0.15, -0.1) is 0 Å². The van der Waals surface area contributed by atoms with E-state index in [0.29, 0.717) is 10.7 Å². The molecule has 3 nitrogen and oxygen atoms in total. The average Bonchev–Trinajstić information content (AvgIpc) is 3.27. The molecular formula is C24H14N2OS. The first kappa shape index (κ1) is 15.5. The molecule has 0 unspecified atom stereocenters. The van der Waals surface area contributed by atoms with Crippen LogP contribution in [-0.4, -0.2) is 10.9 Å². The summed E-state index contributed by atoms with van der Waals surface area (Å²) < 4.78 is 0. The van der Waals surface area contributed by atoms with Crippen LogP contribution in [0.15, 0.2) is 78.9 Å². The summed E-state index contributed by atoms with van der Waals surface area (Å²) in [5.41, 5.74) is 3.97. The van der Waals surface area contributed by atoms with Crippen LogP contribution in [0.25, 0.3) is 43.2 Å². The number of carbonyl (C=O) groups is 1. The van der Waals surface area contributed by atoms with Crippen molar-refractivity contribution in [3.05, 3.63) is 84.4 Å². The Kier molecular flexibility index (Phi) is 3.19. The second-order valence-electron chi connectivity index (χ2n) is 6.89. The van der Waals surface area contributed by atoms with E-state index in [4.69, 9.17) is 4.98 Å². The second-order valence-corrected chi connectivity index (χ2v) is 7.89. The number of thiazole rings is 1. The maximum atomic E-state index is 12.9. The first-order chi connectivity index (χ1) is 13.8. The minimum absolute atomic E-state index is 0.129. The lowest BCUT2D eigenvalue weighted by atomic mass is 10.0. The Balaban J connectivity index is 1.41. The molecule has 1 heterocycles. The van der Waals surface area contributed by atoms with E-state index in [-0.39, 0.29) is 5.91 Å². The van der Waals surface area contributed by atoms with E-state index in [1.54, 1.807) is 0 Å². The molecule has 0 bridgehead atoms. The van der Waals surface area contributed by atoms with Crippen LogP contribution in [0.1, 0.15) is 10.4 Å². The van der Waals surface area contributed by atoms with E-state index in [0.717, 1.165) is 26.9 Å². The number of benzene rings is 4. The number of aromatic nitrogens is 1. The van der Waals surface area contributed by atoms with Crippen LogP contribution in [0.5, 0.6) is 0 Å². The van der Waals surface area contributed by atoms with E-state index in [2.05, 4.69) is 41.7 Å². The maximum absolute atomic E-state index is 12.9. The molecule has 0 atom stereocenters. The van der Waals surface area contributed by atoms with Gasteiger partial charge >= 0.3 is 0 Å². The van der Waals surface area contributed by atoms with Crippen molar-refractivity contribution >= 4 is 43.9 Å². The molecule has 0 aliphatic heterocycles. The molecule has 28 heavy (non-hydrogen) atoms. The van der Waals surface area contributed by atoms with Gasteiger partial charge in [0.25, 0.3) is 5.91 Å². The van der Waals surface area contributed by atoms with Crippen molar-refractivity contribution in [3.63, 3.8) is 0 Å². The summed E-state index contributed by atoms with van der Waals surface area (Å²) in [5, 5.41) is 8.12. The minimum Gasteiger partial charge on any atom is -0.298 e. The molecule has 5 aromatic rings. The van der Waals surface area contributed by atoms with E-state index in [1.165, 1.54) is 27.7 Å². The Morgan fingerprint density at radius 2 is 1.50 bits per heavy atom. The molecule has 1 aliphatic carbocycles. The van der Waals surface area contributed by atoms with Gasteiger partial charge in [-0.1, -0.05) is 84.1 Å². The van der Waals surface area contributed by atoms with Crippen molar-refractivity contribution in [3.8, 4) is 21.7 Å². The van der Waals surface area contributed by atoms with Gasteiger partial charge in [-0.25, -0.2) is 4.98 Å². The number of anilines is 1. The van der Waals surface area contributed by atoms with E-state index >= 15 is 0 Å². The van der Waals surface area contributed by atoms with Crippen LogP contribution in [0.2, 0.25) is 0 Å². The molecule has 4 heteroatoms. The first-order valence-corrected chi connectivity index (χ1v) is 9.94. The highest BCUT2D eigenvalue weighted by Crippen LogP contribution is 2.50. The zero-order chi connectivity index (χ0) is 18.7. The molecule has 6 rings (SSSR count). The molecule has 4 aromatic carbocycles. The predicted molar refractivity (Wildman–Crippen MR) is 116 cm³/mol. The van der Waals surface area contributed by atoms with Gasteiger partial charge in [-0.3, -0.25) is 10.1 Å². The third-order valence-electron chi connectivity index (χ3n) is 5.29. The maximum Gasteiger partial charge on any atom is 0.258 e. The standard InChI is InChI=1S/C24H14N2OS/c27-23(17-11-3-7-14-6-1-2-10-16(14)17)26-24-25-21-18-12-4-8-15-9-5-13-19(20(15)18)22(21)28-24/h1-13H,(H,25,26,27). The van der Waals surface area contributed by atoms with Crippen molar-refractivity contribution in [2.45, 2.75) is 0 Å². The zero-order valence-corrected chi connectivity index (χ0v) is 15.6. The number of nitrogens with zero attached hydrogens (tertiary/aromatic N) is 1. The molecular weight excluding hydrogens is 364 g/mol. The van der Waals surface area contributed by atoms with Crippen molar-refractivity contribution in [1.82, 2.24) is 4.98 Å². The quantitative estimate of drug-likeness (QED) is 0.381. The Labute approximate surface area is 165 Å². The van der Waals surface area contributed by atoms with Crippen molar-refractivity contribution in [2.75, 3.05) is 5.32 Å². The van der Waals surface area contributed by atoms with E-state index < -0.39 is 0 Å². The number of amides is 1. The fraction of sp³-hybridized carbons (Fsp3) is 0. The Morgan fingerprint density at radius 1 is 0.786 bits per heavy atom. The van der Waals surface area contributed by atoms with Crippen molar-refractivity contribution in [1.29, 1.82) is 0 Å². The van der Waals surface area contributed by atoms with Crippen LogP contribution >= 0.6 is 11.3 Å². The van der Waals surface area contributed by atoms with Gasteiger partial charge in [-0.2, -0.15) is 0 Å². The van der Waals surface area contributed by atoms with Crippen LogP contribution in [0.3, 0.4) is 0 Å². The highest BCUT2D eigenvalue weighted by molar-refractivity contribution is 7.20. The molecule has 0 spiro atoms. The number of carbonyl (C=O) groups excluding carboxylic acids is 1. The molecule has 0 radical (unpaired) electrons. The first-order valence-electron chi connectivity index (χ1n) is 9.12. The monoisotopic (exact) mass is 378 g/mol. The molecule has 1 aliphatic rings. The molecule has 1 aromatic heterocycles. The smallest absolute Gasteiger partial charge is 0.258 e. The Morgan fingerprint density at radius 3 is 2.39 bits per heavy atom. The summed E-state index contributed by atoms with van der Waals surface area (Å²) in [6, 6.07) is 26.3. The molecule has 132 valence electrons. The van der Waals surface area contributed by atoms with Crippen molar-refractivity contribution in [2.24, 2.45) is 0 Å². The van der Waals surface area contributed by atoms with Crippen LogP contribution < -0.4 is 5.32 Å². The molecule has 0 saturated carbocycles. The lowest BCUT2D eigenvalue weighted by Crippen LogP contribution is -2.12. The predicted octanol–water partition coefficient (Wildman–Crippen LogP) is 6.35. The fourth-order valence-corrected chi connectivity index (χ4v) is 5.06. The van der Waals surface area contributed by atoms with E-state index in [1.807, 2.05) is 42.5 Å². The minimum atomic E-state index is -0.129. The molecule has 1 N–H and O–H groups in total. The SMILES string of the molecule is O=C(Nc1nc2c(s1)-c1cccc3cccc-2c13)c1cccc2ccccc12. The summed E-state index contributed by atoms with van der Waals surface area (Å²) in [5.74, 6) is -0.129. The highest BCUT2D eigenvalue weighted by atomic mass is 32.1. The van der Waals surface area contributed by atoms with E-state index in [9.17, 15) is 4.79 Å². The number of hydrogen-bond donors (Lipinski definition) is 1. The third kappa shape index (κ3) is 2.15. The van der Waals surface area contributed by atoms with Crippen molar-refractivity contribution < 1.29 is 4.79 Å². The normalized spacial score (nSPS) is 11.7. The van der Waals surface area contributed by atoms with Gasteiger partial charge in [0, 0.05) is 16.7 Å². The largest absolute Gasteiger partial charge is 0.298 e. The lowest BCUT2D eigenvalue weighted by molar-refractivity contribution is 0.102. The second kappa shape index (κ2) is 5.75. The zero-order valence-electron chi connectivity index (χ0n) is 14.8. The summed E-state index contributed by atoms with van der Waals surface area (Å²) in [7, 11) is 0. The molecule has 0 saturated heterocycles. The Hall–Kier alpha value is -3.50. The number of rotatable bonds is 2. The number of fused-ring (bicyclic) bond motifs is 4. The lowest BCUT2D eigenvalue weighted by Gasteiger charge is -2.06. The summed E-state index contributed by atoms with van der Waals surface area (Å²) in [6.07, 6.45) is 0. The highest BCUT2D eigenvalue weighted by Gasteiger charge is 2.26. The number of hydrogen-bond acceptors (Lipinski definition) is 3. The summed E-state index contributed by atoms with van der Waals surface area (Å²) >= 11 is 1.54. The Bertz CT molecular complexity index is 1360. The van der Waals surface area contributed by atoms with Gasteiger partial charge in [-0.05, 0) is 27.6 Å². The topological polar surface area (TPSA) is 42.0 Å². The van der Waals surface area contributed by atoms with Gasteiger partial charge in [0.05, 0.1) is 10.6 Å². The van der Waals surface area contributed by atoms with Gasteiger partial charge < -0.3 is 0 Å². The molecule has 0 fully saturated rings. The molecule has 1 amide bonds. The fourth-order valence-electron chi connectivity index (χ4n) is 4.05. The van der Waals surface area contributed by atoms with Crippen LogP contribution in [-0.2, 0) is 0 Å². The summed E-state index contributed by atoms with van der Waals surface area (Å²) in [6.45, 7) is 0. The number of nitrogens with one attached hydrogen (secondary N) is 1.